The molecule has 0 amide bonds. The smallest absolute Gasteiger partial charge is 0.174 e. The van der Waals surface area contributed by atoms with Crippen molar-refractivity contribution >= 4 is 17.2 Å². The molecule has 1 atom stereocenters. The Hall–Kier alpha value is -1.70. The van der Waals surface area contributed by atoms with Gasteiger partial charge in [-0.25, -0.2) is 0 Å². The van der Waals surface area contributed by atoms with E-state index in [0.29, 0.717) is 0 Å². The van der Waals surface area contributed by atoms with Gasteiger partial charge in [0.25, 0.3) is 0 Å². The van der Waals surface area contributed by atoms with E-state index in [9.17, 15) is 4.79 Å². The second-order valence-electron chi connectivity index (χ2n) is 5.98. The number of carbonyl (C=O) groups is 1. The summed E-state index contributed by atoms with van der Waals surface area (Å²) in [4.78, 5) is 17.3. The molecule has 1 heterocycles. The number of hydrogen-bond acceptors (Lipinski definition) is 2. The maximum absolute atomic E-state index is 12.6. The van der Waals surface area contributed by atoms with Crippen LogP contribution in [0.5, 0.6) is 0 Å². The van der Waals surface area contributed by atoms with Gasteiger partial charge < -0.3 is 0 Å². The first-order chi connectivity index (χ1) is 10.8. The highest BCUT2D eigenvalue weighted by molar-refractivity contribution is 6.21. The predicted molar refractivity (Wildman–Crippen MR) is 94.2 cm³/mol. The van der Waals surface area contributed by atoms with Gasteiger partial charge in [-0.05, 0) is 37.5 Å². The van der Waals surface area contributed by atoms with Crippen molar-refractivity contribution in [2.24, 2.45) is 10.9 Å². The van der Waals surface area contributed by atoms with Gasteiger partial charge in [0.05, 0.1) is 17.3 Å². The largest absolute Gasteiger partial charge is 0.293 e. The lowest BCUT2D eigenvalue weighted by Gasteiger charge is -2.20. The molecule has 1 aromatic carbocycles. The van der Waals surface area contributed by atoms with E-state index in [2.05, 4.69) is 26.0 Å². The lowest BCUT2D eigenvalue weighted by Crippen LogP contribution is -2.25. The number of carbonyl (C=O) groups excluding carboxylic acids is 1. The van der Waals surface area contributed by atoms with Gasteiger partial charge >= 0.3 is 0 Å². The van der Waals surface area contributed by atoms with Crippen LogP contribution in [0.3, 0.4) is 0 Å². The molecule has 0 N–H and O–H groups in total. The Morgan fingerprint density at radius 1 is 1.09 bits per heavy atom. The summed E-state index contributed by atoms with van der Waals surface area (Å²) >= 11 is 0. The van der Waals surface area contributed by atoms with E-state index < -0.39 is 0 Å². The lowest BCUT2D eigenvalue weighted by molar-refractivity contribution is 0.0951. The molecule has 0 saturated heterocycles. The molecule has 0 fully saturated rings. The molecule has 0 aliphatic carbocycles. The van der Waals surface area contributed by atoms with E-state index in [1.54, 1.807) is 0 Å². The fraction of sp³-hybridized carbons (Fsp3) is 0.500. The van der Waals surface area contributed by atoms with Gasteiger partial charge in [-0.1, -0.05) is 57.7 Å². The number of fused-ring (bicyclic) bond motifs is 1. The van der Waals surface area contributed by atoms with Gasteiger partial charge in [-0.15, -0.1) is 0 Å². The molecule has 0 radical (unpaired) electrons. The van der Waals surface area contributed by atoms with Gasteiger partial charge in [0.1, 0.15) is 0 Å². The summed E-state index contributed by atoms with van der Waals surface area (Å²) < 4.78 is 0. The normalized spacial score (nSPS) is 17.6. The number of benzene rings is 1. The van der Waals surface area contributed by atoms with Gasteiger partial charge in [0.2, 0.25) is 0 Å². The van der Waals surface area contributed by atoms with Crippen molar-refractivity contribution in [2.45, 2.75) is 58.8 Å². The second kappa shape index (κ2) is 8.67. The summed E-state index contributed by atoms with van der Waals surface area (Å²) in [6.45, 7) is 4.30. The Kier molecular flexibility index (Phi) is 6.57. The van der Waals surface area contributed by atoms with Crippen LogP contribution in [0.4, 0.5) is 5.69 Å². The topological polar surface area (TPSA) is 29.4 Å². The lowest BCUT2D eigenvalue weighted by atomic mass is 9.87. The maximum atomic E-state index is 12.6. The molecule has 2 nitrogen and oxygen atoms in total. The SMILES string of the molecule is CCCCCCC/C=C/C1=Nc2ccccc2C(=O)C1CC. The molecular weight excluding hydrogens is 270 g/mol. The third-order valence-corrected chi connectivity index (χ3v) is 4.26. The van der Waals surface area contributed by atoms with Gasteiger partial charge in [-0.3, -0.25) is 9.79 Å². The maximum Gasteiger partial charge on any atom is 0.174 e. The summed E-state index contributed by atoms with van der Waals surface area (Å²) in [7, 11) is 0. The molecule has 2 rings (SSSR count). The van der Waals surface area contributed by atoms with Crippen LogP contribution < -0.4 is 0 Å². The first kappa shape index (κ1) is 16.7. The number of nitrogens with zero attached hydrogens (tertiary/aromatic N) is 1. The van der Waals surface area contributed by atoms with E-state index in [-0.39, 0.29) is 11.7 Å². The van der Waals surface area contributed by atoms with Crippen molar-refractivity contribution in [3.05, 3.63) is 42.0 Å². The van der Waals surface area contributed by atoms with E-state index in [0.717, 1.165) is 29.8 Å². The number of aliphatic imine (C=N–C) groups is 1. The third-order valence-electron chi connectivity index (χ3n) is 4.26. The number of hydrogen-bond donors (Lipinski definition) is 0. The fourth-order valence-electron chi connectivity index (χ4n) is 2.94. The molecule has 0 spiro atoms. The van der Waals surface area contributed by atoms with E-state index in [4.69, 9.17) is 4.99 Å². The number of para-hydroxylation sites is 1. The van der Waals surface area contributed by atoms with Crippen molar-refractivity contribution < 1.29 is 4.79 Å². The Labute approximate surface area is 134 Å². The van der Waals surface area contributed by atoms with Crippen LogP contribution in [0.2, 0.25) is 0 Å². The summed E-state index contributed by atoms with van der Waals surface area (Å²) in [6, 6.07) is 7.67. The number of unbranched alkanes of at least 4 members (excludes halogenated alkanes) is 5. The first-order valence-corrected chi connectivity index (χ1v) is 8.66. The van der Waals surface area contributed by atoms with Crippen LogP contribution in [0.25, 0.3) is 0 Å². The zero-order valence-electron chi connectivity index (χ0n) is 13.8. The molecule has 1 aliphatic heterocycles. The summed E-state index contributed by atoms with van der Waals surface area (Å²) in [5, 5.41) is 0. The fourth-order valence-corrected chi connectivity index (χ4v) is 2.94. The van der Waals surface area contributed by atoms with Crippen LogP contribution in [-0.2, 0) is 0 Å². The highest BCUT2D eigenvalue weighted by Crippen LogP contribution is 2.30. The highest BCUT2D eigenvalue weighted by Gasteiger charge is 2.28. The summed E-state index contributed by atoms with van der Waals surface area (Å²) in [5.74, 6) is 0.141. The molecule has 118 valence electrons. The van der Waals surface area contributed by atoms with Crippen molar-refractivity contribution in [1.82, 2.24) is 0 Å². The predicted octanol–water partition coefficient (Wildman–Crippen LogP) is 5.90. The number of ketones is 1. The standard InChI is InChI=1S/C20H27NO/c1-3-5-6-7-8-9-10-14-18-16(4-2)20(22)17-13-11-12-15-19(17)21-18/h10-16H,3-9H2,1-2H3/b14-10+. The summed E-state index contributed by atoms with van der Waals surface area (Å²) in [6.07, 6.45) is 12.6. The van der Waals surface area contributed by atoms with Gasteiger partial charge in [0.15, 0.2) is 5.78 Å². The Balaban J connectivity index is 1.99. The third kappa shape index (κ3) is 4.16. The van der Waals surface area contributed by atoms with E-state index >= 15 is 0 Å². The van der Waals surface area contributed by atoms with Crippen LogP contribution in [0.1, 0.15) is 69.2 Å². The van der Waals surface area contributed by atoms with Crippen molar-refractivity contribution in [1.29, 1.82) is 0 Å². The second-order valence-corrected chi connectivity index (χ2v) is 5.98. The van der Waals surface area contributed by atoms with E-state index in [1.807, 2.05) is 24.3 Å². The van der Waals surface area contributed by atoms with Crippen LogP contribution in [-0.4, -0.2) is 11.5 Å². The van der Waals surface area contributed by atoms with Crippen molar-refractivity contribution in [3.63, 3.8) is 0 Å². The average molecular weight is 297 g/mol. The minimum atomic E-state index is -0.0776. The monoisotopic (exact) mass is 297 g/mol. The number of rotatable bonds is 8. The average Bonchev–Trinajstić information content (AvgIpc) is 2.54. The zero-order chi connectivity index (χ0) is 15.8. The molecule has 1 unspecified atom stereocenters. The molecule has 2 heteroatoms. The van der Waals surface area contributed by atoms with Crippen LogP contribution in [0, 0.1) is 5.92 Å². The molecule has 0 aromatic heterocycles. The van der Waals surface area contributed by atoms with Crippen LogP contribution >= 0.6 is 0 Å². The van der Waals surface area contributed by atoms with E-state index in [1.165, 1.54) is 32.1 Å². The molecule has 0 bridgehead atoms. The van der Waals surface area contributed by atoms with Gasteiger partial charge in [0, 0.05) is 5.56 Å². The van der Waals surface area contributed by atoms with Gasteiger partial charge in [-0.2, -0.15) is 0 Å². The Morgan fingerprint density at radius 3 is 2.64 bits per heavy atom. The highest BCUT2D eigenvalue weighted by atomic mass is 16.1. The van der Waals surface area contributed by atoms with Crippen LogP contribution in [0.15, 0.2) is 41.4 Å². The first-order valence-electron chi connectivity index (χ1n) is 8.66. The Morgan fingerprint density at radius 2 is 1.86 bits per heavy atom. The quantitative estimate of drug-likeness (QED) is 0.549. The minimum Gasteiger partial charge on any atom is -0.293 e. The molecule has 22 heavy (non-hydrogen) atoms. The number of allylic oxidation sites excluding steroid dienone is 2. The zero-order valence-corrected chi connectivity index (χ0v) is 13.8. The minimum absolute atomic E-state index is 0.0776. The molecule has 0 saturated carbocycles. The van der Waals surface area contributed by atoms with Crippen molar-refractivity contribution in [3.8, 4) is 0 Å². The molecular formula is C20H27NO. The van der Waals surface area contributed by atoms with Crippen molar-refractivity contribution in [2.75, 3.05) is 0 Å². The molecule has 1 aromatic rings. The molecule has 1 aliphatic rings. The summed E-state index contributed by atoms with van der Waals surface area (Å²) in [5.41, 5.74) is 2.52. The number of Topliss-reactive ketones (excluding diaryl/α,β-unsaturated/α-hetero) is 1. The Bertz CT molecular complexity index is 557.